The Labute approximate surface area is 97.0 Å². The number of para-hydroxylation sites is 2. The van der Waals surface area contributed by atoms with Crippen molar-refractivity contribution < 1.29 is 4.74 Å². The minimum Gasteiger partial charge on any atom is -0.492 e. The molecule has 1 aliphatic rings. The summed E-state index contributed by atoms with van der Waals surface area (Å²) in [6.07, 6.45) is 3.49. The molecule has 0 bridgehead atoms. The van der Waals surface area contributed by atoms with Crippen LogP contribution in [0.4, 0.5) is 5.69 Å². The van der Waals surface area contributed by atoms with E-state index in [0.717, 1.165) is 24.3 Å². The van der Waals surface area contributed by atoms with Gasteiger partial charge in [0.25, 0.3) is 0 Å². The summed E-state index contributed by atoms with van der Waals surface area (Å²) in [7, 11) is 0. The first kappa shape index (κ1) is 11.3. The number of hydrogen-bond acceptors (Lipinski definition) is 3. The Bertz CT molecular complexity index is 340. The van der Waals surface area contributed by atoms with Crippen LogP contribution >= 0.6 is 0 Å². The molecular weight excluding hydrogens is 200 g/mol. The minimum absolute atomic E-state index is 0.273. The summed E-state index contributed by atoms with van der Waals surface area (Å²) in [5, 5.41) is 3.49. The first-order valence-corrected chi connectivity index (χ1v) is 6.05. The fourth-order valence-electron chi connectivity index (χ4n) is 2.23. The number of anilines is 1. The Kier molecular flexibility index (Phi) is 3.67. The molecule has 3 nitrogen and oxygen atoms in total. The quantitative estimate of drug-likeness (QED) is 0.819. The van der Waals surface area contributed by atoms with Gasteiger partial charge in [0.2, 0.25) is 0 Å². The second kappa shape index (κ2) is 5.21. The molecular formula is C13H20N2O. The Morgan fingerprint density at radius 3 is 2.88 bits per heavy atom. The standard InChI is InChI=1S/C13H20N2O/c1-2-16-13-9-4-3-7-12(13)15-11-8-5-6-10(11)14/h3-4,7,9-11,15H,2,5-6,8,14H2,1H3/t10-,11+/m1/s1. The third kappa shape index (κ3) is 2.47. The lowest BCUT2D eigenvalue weighted by molar-refractivity contribution is 0.341. The molecule has 1 fully saturated rings. The number of nitrogens with one attached hydrogen (secondary N) is 1. The summed E-state index contributed by atoms with van der Waals surface area (Å²) < 4.78 is 5.58. The summed E-state index contributed by atoms with van der Waals surface area (Å²) in [6, 6.07) is 8.72. The van der Waals surface area contributed by atoms with Gasteiger partial charge in [0, 0.05) is 12.1 Å². The highest BCUT2D eigenvalue weighted by atomic mass is 16.5. The summed E-state index contributed by atoms with van der Waals surface area (Å²) in [6.45, 7) is 2.69. The molecule has 3 N–H and O–H groups in total. The second-order valence-electron chi connectivity index (χ2n) is 4.27. The SMILES string of the molecule is CCOc1ccccc1N[C@H]1CCC[C@H]1N. The number of rotatable bonds is 4. The minimum atomic E-state index is 0.273. The average molecular weight is 220 g/mol. The van der Waals surface area contributed by atoms with Crippen LogP contribution in [0.2, 0.25) is 0 Å². The number of hydrogen-bond donors (Lipinski definition) is 2. The predicted molar refractivity (Wildman–Crippen MR) is 66.8 cm³/mol. The van der Waals surface area contributed by atoms with Crippen LogP contribution in [0.1, 0.15) is 26.2 Å². The summed E-state index contributed by atoms with van der Waals surface area (Å²) in [5.74, 6) is 0.920. The molecule has 1 aromatic rings. The lowest BCUT2D eigenvalue weighted by Crippen LogP contribution is -2.35. The first-order chi connectivity index (χ1) is 7.81. The van der Waals surface area contributed by atoms with E-state index >= 15 is 0 Å². The number of ether oxygens (including phenoxy) is 1. The lowest BCUT2D eigenvalue weighted by atomic mass is 10.1. The Hall–Kier alpha value is -1.22. The van der Waals surface area contributed by atoms with E-state index in [1.807, 2.05) is 25.1 Å². The van der Waals surface area contributed by atoms with E-state index in [2.05, 4.69) is 11.4 Å². The molecule has 0 aliphatic heterocycles. The zero-order valence-electron chi connectivity index (χ0n) is 9.78. The van der Waals surface area contributed by atoms with Crippen molar-refractivity contribution in [2.75, 3.05) is 11.9 Å². The van der Waals surface area contributed by atoms with Gasteiger partial charge < -0.3 is 15.8 Å². The molecule has 2 rings (SSSR count). The molecule has 1 aromatic carbocycles. The van der Waals surface area contributed by atoms with Gasteiger partial charge in [0.1, 0.15) is 5.75 Å². The third-order valence-corrected chi connectivity index (χ3v) is 3.10. The van der Waals surface area contributed by atoms with E-state index in [0.29, 0.717) is 12.6 Å². The molecule has 0 amide bonds. The normalized spacial score (nSPS) is 24.4. The topological polar surface area (TPSA) is 47.3 Å². The summed E-state index contributed by atoms with van der Waals surface area (Å²) >= 11 is 0. The van der Waals surface area contributed by atoms with E-state index in [1.165, 1.54) is 6.42 Å². The highest BCUT2D eigenvalue weighted by molar-refractivity contribution is 5.57. The largest absolute Gasteiger partial charge is 0.492 e. The molecule has 0 spiro atoms. The van der Waals surface area contributed by atoms with Crippen LogP contribution < -0.4 is 15.8 Å². The van der Waals surface area contributed by atoms with Gasteiger partial charge in [0.15, 0.2) is 0 Å². The van der Waals surface area contributed by atoms with Crippen LogP contribution in [0.5, 0.6) is 5.75 Å². The maximum atomic E-state index is 6.05. The van der Waals surface area contributed by atoms with E-state index in [4.69, 9.17) is 10.5 Å². The van der Waals surface area contributed by atoms with Crippen molar-refractivity contribution >= 4 is 5.69 Å². The molecule has 16 heavy (non-hydrogen) atoms. The molecule has 1 saturated carbocycles. The molecule has 1 aliphatic carbocycles. The Morgan fingerprint density at radius 2 is 2.19 bits per heavy atom. The number of benzene rings is 1. The zero-order chi connectivity index (χ0) is 11.4. The number of nitrogens with two attached hydrogens (primary N) is 1. The van der Waals surface area contributed by atoms with Gasteiger partial charge in [-0.25, -0.2) is 0 Å². The maximum absolute atomic E-state index is 6.05. The first-order valence-electron chi connectivity index (χ1n) is 6.05. The van der Waals surface area contributed by atoms with E-state index < -0.39 is 0 Å². The molecule has 0 radical (unpaired) electrons. The van der Waals surface area contributed by atoms with Crippen LogP contribution in [-0.2, 0) is 0 Å². The van der Waals surface area contributed by atoms with Gasteiger partial charge in [-0.3, -0.25) is 0 Å². The van der Waals surface area contributed by atoms with Gasteiger partial charge >= 0.3 is 0 Å². The van der Waals surface area contributed by atoms with Crippen molar-refractivity contribution in [2.45, 2.75) is 38.3 Å². The van der Waals surface area contributed by atoms with Crippen molar-refractivity contribution in [3.8, 4) is 5.75 Å². The van der Waals surface area contributed by atoms with E-state index in [9.17, 15) is 0 Å². The Morgan fingerprint density at radius 1 is 1.38 bits per heavy atom. The van der Waals surface area contributed by atoms with Gasteiger partial charge in [-0.05, 0) is 38.3 Å². The van der Waals surface area contributed by atoms with Crippen molar-refractivity contribution in [3.05, 3.63) is 24.3 Å². The summed E-state index contributed by atoms with van der Waals surface area (Å²) in [4.78, 5) is 0. The summed E-state index contributed by atoms with van der Waals surface area (Å²) in [5.41, 5.74) is 7.11. The molecule has 0 aromatic heterocycles. The molecule has 3 heteroatoms. The van der Waals surface area contributed by atoms with Gasteiger partial charge in [-0.15, -0.1) is 0 Å². The van der Waals surface area contributed by atoms with Crippen LogP contribution in [-0.4, -0.2) is 18.7 Å². The van der Waals surface area contributed by atoms with E-state index in [-0.39, 0.29) is 6.04 Å². The molecule has 2 atom stereocenters. The van der Waals surface area contributed by atoms with Crippen LogP contribution in [0, 0.1) is 0 Å². The second-order valence-corrected chi connectivity index (χ2v) is 4.27. The van der Waals surface area contributed by atoms with Crippen LogP contribution in [0.25, 0.3) is 0 Å². The van der Waals surface area contributed by atoms with Crippen molar-refractivity contribution in [3.63, 3.8) is 0 Å². The average Bonchev–Trinajstić information content (AvgIpc) is 2.68. The van der Waals surface area contributed by atoms with Crippen molar-refractivity contribution in [1.29, 1.82) is 0 Å². The fraction of sp³-hybridized carbons (Fsp3) is 0.538. The third-order valence-electron chi connectivity index (χ3n) is 3.10. The molecule has 0 heterocycles. The molecule has 88 valence electrons. The molecule has 0 saturated heterocycles. The monoisotopic (exact) mass is 220 g/mol. The van der Waals surface area contributed by atoms with Gasteiger partial charge in [0.05, 0.1) is 12.3 Å². The van der Waals surface area contributed by atoms with Crippen molar-refractivity contribution in [1.82, 2.24) is 0 Å². The lowest BCUT2D eigenvalue weighted by Gasteiger charge is -2.20. The van der Waals surface area contributed by atoms with Crippen LogP contribution in [0.15, 0.2) is 24.3 Å². The molecule has 0 unspecified atom stereocenters. The van der Waals surface area contributed by atoms with Gasteiger partial charge in [-0.2, -0.15) is 0 Å². The maximum Gasteiger partial charge on any atom is 0.142 e. The Balaban J connectivity index is 2.07. The highest BCUT2D eigenvalue weighted by Gasteiger charge is 2.24. The van der Waals surface area contributed by atoms with Crippen molar-refractivity contribution in [2.24, 2.45) is 5.73 Å². The highest BCUT2D eigenvalue weighted by Crippen LogP contribution is 2.28. The van der Waals surface area contributed by atoms with E-state index in [1.54, 1.807) is 0 Å². The smallest absolute Gasteiger partial charge is 0.142 e. The zero-order valence-corrected chi connectivity index (χ0v) is 9.78. The van der Waals surface area contributed by atoms with Gasteiger partial charge in [-0.1, -0.05) is 12.1 Å². The fourth-order valence-corrected chi connectivity index (χ4v) is 2.23. The predicted octanol–water partition coefficient (Wildman–Crippen LogP) is 2.38. The van der Waals surface area contributed by atoms with Crippen LogP contribution in [0.3, 0.4) is 0 Å².